The maximum atomic E-state index is 6.69. The summed E-state index contributed by atoms with van der Waals surface area (Å²) in [5.41, 5.74) is 9.18. The number of benzene rings is 4. The molecule has 0 saturated heterocycles. The van der Waals surface area contributed by atoms with Gasteiger partial charge < -0.3 is 4.74 Å². The summed E-state index contributed by atoms with van der Waals surface area (Å²) in [6.45, 7) is 8.49. The number of ether oxygens (including phenoxy) is 1. The minimum absolute atomic E-state index is 0.897. The van der Waals surface area contributed by atoms with E-state index in [2.05, 4.69) is 125 Å². The molecule has 0 saturated carbocycles. The Labute approximate surface area is 197 Å². The van der Waals surface area contributed by atoms with Crippen molar-refractivity contribution < 1.29 is 4.74 Å². The van der Waals surface area contributed by atoms with Gasteiger partial charge in [0.25, 0.3) is 0 Å². The summed E-state index contributed by atoms with van der Waals surface area (Å²) in [7, 11) is 0. The molecule has 0 atom stereocenters. The second-order valence-electron chi connectivity index (χ2n) is 8.59. The summed E-state index contributed by atoms with van der Waals surface area (Å²) in [5.74, 6) is 1.79. The predicted molar refractivity (Wildman–Crippen MR) is 143 cm³/mol. The molecule has 0 aliphatic heterocycles. The van der Waals surface area contributed by atoms with Gasteiger partial charge in [0.2, 0.25) is 0 Å². The normalized spacial score (nSPS) is 11.4. The lowest BCUT2D eigenvalue weighted by molar-refractivity contribution is 0.472. The van der Waals surface area contributed by atoms with E-state index < -0.39 is 0 Å². The standard InChI is InChI=1S/C32H30O/c1-23-19-25(3)31(29(21-23)17-15-27-11-7-5-8-12-27)33-32-26(4)20-24(2)22-30(32)18-16-28-13-9-6-10-14-28/h5-22H,1-4H3. The molecule has 164 valence electrons. The quantitative estimate of drug-likeness (QED) is 0.277. The van der Waals surface area contributed by atoms with Gasteiger partial charge in [0.1, 0.15) is 11.5 Å². The molecule has 0 unspecified atom stereocenters. The van der Waals surface area contributed by atoms with E-state index in [1.54, 1.807) is 0 Å². The van der Waals surface area contributed by atoms with E-state index in [0.717, 1.165) is 33.8 Å². The van der Waals surface area contributed by atoms with Gasteiger partial charge in [-0.15, -0.1) is 0 Å². The summed E-state index contributed by atoms with van der Waals surface area (Å²) >= 11 is 0. The molecule has 33 heavy (non-hydrogen) atoms. The lowest BCUT2D eigenvalue weighted by atomic mass is 10.0. The molecule has 1 nitrogen and oxygen atoms in total. The molecule has 0 heterocycles. The Hall–Kier alpha value is -3.84. The highest BCUT2D eigenvalue weighted by atomic mass is 16.5. The smallest absolute Gasteiger partial charge is 0.137 e. The van der Waals surface area contributed by atoms with Gasteiger partial charge in [-0.25, -0.2) is 0 Å². The van der Waals surface area contributed by atoms with Crippen molar-refractivity contribution in [2.24, 2.45) is 0 Å². The molecule has 0 aromatic heterocycles. The molecular weight excluding hydrogens is 400 g/mol. The Morgan fingerprint density at radius 1 is 0.485 bits per heavy atom. The minimum atomic E-state index is 0.897. The van der Waals surface area contributed by atoms with Crippen LogP contribution in [0.15, 0.2) is 84.9 Å². The summed E-state index contributed by atoms with van der Waals surface area (Å²) in [6, 6.07) is 29.4. The van der Waals surface area contributed by atoms with Crippen LogP contribution in [0.5, 0.6) is 11.5 Å². The predicted octanol–water partition coefficient (Wildman–Crippen LogP) is 9.05. The molecular formula is C32H30O. The first kappa shape index (κ1) is 22.4. The van der Waals surface area contributed by atoms with Gasteiger partial charge in [0, 0.05) is 11.1 Å². The van der Waals surface area contributed by atoms with E-state index in [0.29, 0.717) is 0 Å². The van der Waals surface area contributed by atoms with Crippen LogP contribution in [0.3, 0.4) is 0 Å². The molecule has 0 radical (unpaired) electrons. The third kappa shape index (κ3) is 5.70. The highest BCUT2D eigenvalue weighted by Crippen LogP contribution is 2.36. The van der Waals surface area contributed by atoms with Gasteiger partial charge in [-0.1, -0.05) is 108 Å². The average Bonchev–Trinajstić information content (AvgIpc) is 2.80. The number of rotatable bonds is 6. The molecule has 4 aromatic rings. The maximum absolute atomic E-state index is 6.69. The molecule has 0 aliphatic rings. The summed E-state index contributed by atoms with van der Waals surface area (Å²) in [4.78, 5) is 0. The molecule has 0 fully saturated rings. The molecule has 4 rings (SSSR count). The Bertz CT molecular complexity index is 1190. The number of hydrogen-bond donors (Lipinski definition) is 0. The van der Waals surface area contributed by atoms with E-state index in [9.17, 15) is 0 Å². The highest BCUT2D eigenvalue weighted by Gasteiger charge is 2.13. The second kappa shape index (κ2) is 10.2. The van der Waals surface area contributed by atoms with Gasteiger partial charge in [-0.3, -0.25) is 0 Å². The number of hydrogen-bond acceptors (Lipinski definition) is 1. The van der Waals surface area contributed by atoms with Gasteiger partial charge in [-0.2, -0.15) is 0 Å². The largest absolute Gasteiger partial charge is 0.456 e. The third-order valence-corrected chi connectivity index (χ3v) is 5.61. The summed E-state index contributed by atoms with van der Waals surface area (Å²) in [5, 5.41) is 0. The van der Waals surface area contributed by atoms with Crippen LogP contribution in [-0.4, -0.2) is 0 Å². The zero-order valence-electron chi connectivity index (χ0n) is 19.8. The molecule has 0 bridgehead atoms. The summed E-state index contributed by atoms with van der Waals surface area (Å²) in [6.07, 6.45) is 8.57. The van der Waals surface area contributed by atoms with Crippen molar-refractivity contribution in [3.05, 3.63) is 129 Å². The first-order valence-electron chi connectivity index (χ1n) is 11.4. The van der Waals surface area contributed by atoms with E-state index in [-0.39, 0.29) is 0 Å². The SMILES string of the molecule is Cc1cc(C)c(Oc2c(C)cc(C)cc2C=Cc2ccccc2)c(C=Cc2ccccc2)c1. The molecule has 4 aromatic carbocycles. The Morgan fingerprint density at radius 3 is 1.27 bits per heavy atom. The van der Waals surface area contributed by atoms with Crippen LogP contribution >= 0.6 is 0 Å². The Kier molecular flexibility index (Phi) is 6.90. The van der Waals surface area contributed by atoms with Crippen LogP contribution in [0.2, 0.25) is 0 Å². The second-order valence-corrected chi connectivity index (χ2v) is 8.59. The first-order chi connectivity index (χ1) is 16.0. The van der Waals surface area contributed by atoms with Crippen LogP contribution in [0, 0.1) is 27.7 Å². The Balaban J connectivity index is 1.75. The lowest BCUT2D eigenvalue weighted by Gasteiger charge is -2.17. The van der Waals surface area contributed by atoms with Crippen molar-refractivity contribution in [1.82, 2.24) is 0 Å². The van der Waals surface area contributed by atoms with Crippen LogP contribution in [0.25, 0.3) is 24.3 Å². The minimum Gasteiger partial charge on any atom is -0.456 e. The van der Waals surface area contributed by atoms with Crippen molar-refractivity contribution in [3.63, 3.8) is 0 Å². The van der Waals surface area contributed by atoms with Gasteiger partial charge in [0.05, 0.1) is 0 Å². The van der Waals surface area contributed by atoms with E-state index >= 15 is 0 Å². The molecule has 0 spiro atoms. The van der Waals surface area contributed by atoms with Crippen molar-refractivity contribution in [3.8, 4) is 11.5 Å². The van der Waals surface area contributed by atoms with Crippen LogP contribution in [0.4, 0.5) is 0 Å². The van der Waals surface area contributed by atoms with Crippen molar-refractivity contribution in [1.29, 1.82) is 0 Å². The third-order valence-electron chi connectivity index (χ3n) is 5.61. The fourth-order valence-corrected chi connectivity index (χ4v) is 4.10. The van der Waals surface area contributed by atoms with E-state index in [1.807, 2.05) is 12.1 Å². The highest BCUT2D eigenvalue weighted by molar-refractivity contribution is 5.76. The van der Waals surface area contributed by atoms with E-state index in [1.165, 1.54) is 22.3 Å². The van der Waals surface area contributed by atoms with Crippen molar-refractivity contribution in [2.75, 3.05) is 0 Å². The van der Waals surface area contributed by atoms with Gasteiger partial charge in [-0.05, 0) is 62.1 Å². The zero-order valence-corrected chi connectivity index (χ0v) is 19.8. The van der Waals surface area contributed by atoms with Gasteiger partial charge in [0.15, 0.2) is 0 Å². The molecule has 0 aliphatic carbocycles. The van der Waals surface area contributed by atoms with E-state index in [4.69, 9.17) is 4.74 Å². The molecule has 0 N–H and O–H groups in total. The van der Waals surface area contributed by atoms with Crippen molar-refractivity contribution >= 4 is 24.3 Å². The first-order valence-corrected chi connectivity index (χ1v) is 11.4. The monoisotopic (exact) mass is 430 g/mol. The topological polar surface area (TPSA) is 9.23 Å². The number of aryl methyl sites for hydroxylation is 4. The molecule has 1 heteroatoms. The summed E-state index contributed by atoms with van der Waals surface area (Å²) < 4.78 is 6.69. The lowest BCUT2D eigenvalue weighted by Crippen LogP contribution is -1.97. The van der Waals surface area contributed by atoms with Crippen LogP contribution in [0.1, 0.15) is 44.5 Å². The van der Waals surface area contributed by atoms with Crippen LogP contribution < -0.4 is 4.74 Å². The van der Waals surface area contributed by atoms with Crippen LogP contribution in [-0.2, 0) is 0 Å². The fraction of sp³-hybridized carbons (Fsp3) is 0.125. The van der Waals surface area contributed by atoms with Crippen molar-refractivity contribution in [2.45, 2.75) is 27.7 Å². The maximum Gasteiger partial charge on any atom is 0.137 e. The fourth-order valence-electron chi connectivity index (χ4n) is 4.10. The Morgan fingerprint density at radius 2 is 0.879 bits per heavy atom. The average molecular weight is 431 g/mol. The zero-order chi connectivity index (χ0) is 23.2. The van der Waals surface area contributed by atoms with Gasteiger partial charge >= 0.3 is 0 Å². The molecule has 0 amide bonds.